The summed E-state index contributed by atoms with van der Waals surface area (Å²) in [6, 6.07) is 15.6. The number of hydrogen-bond donors (Lipinski definition) is 1. The summed E-state index contributed by atoms with van der Waals surface area (Å²) >= 11 is 0. The summed E-state index contributed by atoms with van der Waals surface area (Å²) in [4.78, 5) is 8.88. The molecule has 3 heterocycles. The van der Waals surface area contributed by atoms with Gasteiger partial charge in [0, 0.05) is 46.2 Å². The van der Waals surface area contributed by atoms with Crippen LogP contribution in [-0.4, -0.2) is 21.0 Å². The minimum Gasteiger partial charge on any atom is -0.435 e. The van der Waals surface area contributed by atoms with E-state index in [0.717, 1.165) is 28.5 Å². The number of anilines is 1. The van der Waals surface area contributed by atoms with Gasteiger partial charge in [-0.2, -0.15) is 8.78 Å². The summed E-state index contributed by atoms with van der Waals surface area (Å²) in [5.74, 6) is -1.58. The molecule has 0 bridgehead atoms. The summed E-state index contributed by atoms with van der Waals surface area (Å²) < 4.78 is 59.2. The third-order valence-corrected chi connectivity index (χ3v) is 5.86. The number of halogens is 4. The van der Waals surface area contributed by atoms with Gasteiger partial charge in [-0.3, -0.25) is 9.38 Å². The van der Waals surface area contributed by atoms with Gasteiger partial charge in [-0.1, -0.05) is 18.7 Å². The van der Waals surface area contributed by atoms with E-state index in [4.69, 9.17) is 0 Å². The molecule has 5 rings (SSSR count). The Labute approximate surface area is 209 Å². The summed E-state index contributed by atoms with van der Waals surface area (Å²) in [5.41, 5.74) is 4.95. The molecule has 1 N–H and O–H groups in total. The van der Waals surface area contributed by atoms with Crippen LogP contribution in [0.15, 0.2) is 85.8 Å². The molecule has 9 heteroatoms. The first-order chi connectivity index (χ1) is 17.8. The van der Waals surface area contributed by atoms with Gasteiger partial charge in [0.1, 0.15) is 11.6 Å². The number of nitrogens with zero attached hydrogens (tertiary/aromatic N) is 3. The van der Waals surface area contributed by atoms with Crippen molar-refractivity contribution in [2.75, 3.05) is 5.32 Å². The average molecular weight is 504 g/mol. The van der Waals surface area contributed by atoms with Gasteiger partial charge in [0.25, 0.3) is 0 Å². The Kier molecular flexibility index (Phi) is 6.35. The number of fused-ring (bicyclic) bond motifs is 1. The molecule has 0 unspecified atom stereocenters. The first-order valence-electron chi connectivity index (χ1n) is 11.2. The van der Waals surface area contributed by atoms with E-state index in [2.05, 4.69) is 26.6 Å². The zero-order valence-electron chi connectivity index (χ0n) is 19.6. The average Bonchev–Trinajstić information content (AvgIpc) is 3.31. The van der Waals surface area contributed by atoms with Gasteiger partial charge in [-0.25, -0.2) is 13.8 Å². The first kappa shape index (κ1) is 24.1. The van der Waals surface area contributed by atoms with Crippen LogP contribution in [0, 0.1) is 18.6 Å². The fourth-order valence-electron chi connectivity index (χ4n) is 4.09. The van der Waals surface area contributed by atoms with Crippen molar-refractivity contribution in [1.29, 1.82) is 0 Å². The smallest absolute Gasteiger partial charge is 0.387 e. The highest BCUT2D eigenvalue weighted by atomic mass is 19.3. The number of pyridine rings is 2. The zero-order chi connectivity index (χ0) is 26.1. The summed E-state index contributed by atoms with van der Waals surface area (Å²) in [6.45, 7) is 3.06. The second-order valence-electron chi connectivity index (χ2n) is 8.22. The number of nitrogens with one attached hydrogen (secondary N) is 1. The number of aromatic nitrogens is 3. The van der Waals surface area contributed by atoms with Crippen molar-refractivity contribution < 1.29 is 22.3 Å². The maximum atomic E-state index is 14.5. The SMILES string of the molecule is C=C(Nc1ccc(OC(F)F)cc1)c1cc(-c2cccn3c(-c4cccc(F)c4F)ncc23)cnc1C. The molecule has 0 amide bonds. The maximum Gasteiger partial charge on any atom is 0.387 e. The summed E-state index contributed by atoms with van der Waals surface area (Å²) in [5, 5.41) is 3.16. The van der Waals surface area contributed by atoms with E-state index in [1.54, 1.807) is 41.2 Å². The maximum absolute atomic E-state index is 14.5. The standard InChI is InChI=1S/C28H20F4N4O/c1-16-23(17(2)35-19-8-10-20(11-9-19)37-28(31)32)13-18(14-33-16)21-6-4-12-36-25(21)15-34-27(36)22-5-3-7-24(29)26(22)30/h3-15,28,35H,2H2,1H3. The van der Waals surface area contributed by atoms with Crippen LogP contribution < -0.4 is 10.1 Å². The molecule has 3 aromatic heterocycles. The Bertz CT molecular complexity index is 1610. The van der Waals surface area contributed by atoms with Gasteiger partial charge < -0.3 is 10.1 Å². The number of alkyl halides is 2. The molecule has 37 heavy (non-hydrogen) atoms. The molecule has 0 radical (unpaired) electrons. The van der Waals surface area contributed by atoms with Crippen LogP contribution >= 0.6 is 0 Å². The largest absolute Gasteiger partial charge is 0.435 e. The molecule has 0 atom stereocenters. The number of rotatable bonds is 7. The van der Waals surface area contributed by atoms with Crippen LogP contribution in [0.1, 0.15) is 11.3 Å². The molecule has 5 aromatic rings. The van der Waals surface area contributed by atoms with E-state index in [-0.39, 0.29) is 17.1 Å². The van der Waals surface area contributed by atoms with Crippen molar-refractivity contribution in [3.8, 4) is 28.3 Å². The van der Waals surface area contributed by atoms with Gasteiger partial charge in [0.05, 0.1) is 17.3 Å². The second-order valence-corrected chi connectivity index (χ2v) is 8.22. The van der Waals surface area contributed by atoms with E-state index >= 15 is 0 Å². The van der Waals surface area contributed by atoms with Crippen LogP contribution in [0.5, 0.6) is 5.75 Å². The third kappa shape index (κ3) is 4.75. The molecule has 0 saturated heterocycles. The lowest BCUT2D eigenvalue weighted by atomic mass is 10.0. The number of aryl methyl sites for hydroxylation is 1. The topological polar surface area (TPSA) is 51.5 Å². The molecule has 5 nitrogen and oxygen atoms in total. The minimum absolute atomic E-state index is 0.0531. The van der Waals surface area contributed by atoms with Crippen molar-refractivity contribution in [2.45, 2.75) is 13.5 Å². The Balaban J connectivity index is 1.48. The molecular formula is C28H20F4N4O. The molecule has 0 aliphatic rings. The fraction of sp³-hybridized carbons (Fsp3) is 0.0714. The molecule has 0 aliphatic carbocycles. The molecule has 0 fully saturated rings. The third-order valence-electron chi connectivity index (χ3n) is 5.86. The molecule has 0 saturated carbocycles. The Hall–Kier alpha value is -4.66. The lowest BCUT2D eigenvalue weighted by Gasteiger charge is -2.14. The van der Waals surface area contributed by atoms with Gasteiger partial charge in [0.2, 0.25) is 0 Å². The number of ether oxygens (including phenoxy) is 1. The van der Waals surface area contributed by atoms with Gasteiger partial charge in [-0.15, -0.1) is 0 Å². The predicted molar refractivity (Wildman–Crippen MR) is 134 cm³/mol. The monoisotopic (exact) mass is 504 g/mol. The normalized spacial score (nSPS) is 11.2. The van der Waals surface area contributed by atoms with E-state index in [9.17, 15) is 17.6 Å². The molecule has 186 valence electrons. The Morgan fingerprint density at radius 1 is 0.973 bits per heavy atom. The van der Waals surface area contributed by atoms with E-state index in [1.165, 1.54) is 24.3 Å². The highest BCUT2D eigenvalue weighted by Gasteiger charge is 2.17. The summed E-state index contributed by atoms with van der Waals surface area (Å²) in [6.07, 6.45) is 5.05. The van der Waals surface area contributed by atoms with Crippen LogP contribution in [-0.2, 0) is 0 Å². The predicted octanol–water partition coefficient (Wildman–Crippen LogP) is 7.33. The molecule has 0 spiro atoms. The highest BCUT2D eigenvalue weighted by Crippen LogP contribution is 2.32. The minimum atomic E-state index is -2.89. The zero-order valence-corrected chi connectivity index (χ0v) is 19.6. The molecule has 0 aliphatic heterocycles. The van der Waals surface area contributed by atoms with Crippen molar-refractivity contribution in [3.63, 3.8) is 0 Å². The summed E-state index contributed by atoms with van der Waals surface area (Å²) in [7, 11) is 0. The lowest BCUT2D eigenvalue weighted by molar-refractivity contribution is -0.0498. The quantitative estimate of drug-likeness (QED) is 0.236. The van der Waals surface area contributed by atoms with Gasteiger partial charge in [-0.05, 0) is 55.5 Å². The van der Waals surface area contributed by atoms with Crippen molar-refractivity contribution in [3.05, 3.63) is 109 Å². The van der Waals surface area contributed by atoms with E-state index in [1.807, 2.05) is 19.1 Å². The van der Waals surface area contributed by atoms with Crippen LogP contribution in [0.2, 0.25) is 0 Å². The molecule has 2 aromatic carbocycles. The Morgan fingerprint density at radius 3 is 2.49 bits per heavy atom. The highest BCUT2D eigenvalue weighted by molar-refractivity contribution is 5.85. The van der Waals surface area contributed by atoms with Crippen LogP contribution in [0.4, 0.5) is 23.2 Å². The fourth-order valence-corrected chi connectivity index (χ4v) is 4.09. The van der Waals surface area contributed by atoms with E-state index in [0.29, 0.717) is 16.9 Å². The first-order valence-corrected chi connectivity index (χ1v) is 11.2. The Morgan fingerprint density at radius 2 is 1.73 bits per heavy atom. The number of benzene rings is 2. The number of imidazole rings is 1. The van der Waals surface area contributed by atoms with Crippen LogP contribution in [0.25, 0.3) is 33.7 Å². The lowest BCUT2D eigenvalue weighted by Crippen LogP contribution is -2.03. The van der Waals surface area contributed by atoms with Gasteiger partial charge in [0.15, 0.2) is 11.6 Å². The van der Waals surface area contributed by atoms with Crippen molar-refractivity contribution in [1.82, 2.24) is 14.4 Å². The number of hydrogen-bond acceptors (Lipinski definition) is 4. The molecular weight excluding hydrogens is 484 g/mol. The van der Waals surface area contributed by atoms with Crippen molar-refractivity contribution >= 4 is 16.9 Å². The second kappa shape index (κ2) is 9.77. The van der Waals surface area contributed by atoms with Gasteiger partial charge >= 0.3 is 6.61 Å². The van der Waals surface area contributed by atoms with Crippen molar-refractivity contribution in [2.24, 2.45) is 0 Å². The van der Waals surface area contributed by atoms with E-state index < -0.39 is 18.2 Å². The van der Waals surface area contributed by atoms with Crippen LogP contribution in [0.3, 0.4) is 0 Å².